The molecule has 101 heavy (non-hydrogen) atoms. The van der Waals surface area contributed by atoms with Gasteiger partial charge in [-0.1, -0.05) is 39.8 Å². The molecular weight excluding hydrogens is 1360 g/mol. The van der Waals surface area contributed by atoms with Crippen LogP contribution in [0.3, 0.4) is 0 Å². The monoisotopic (exact) mass is 1460 g/mol. The summed E-state index contributed by atoms with van der Waals surface area (Å²) in [6.07, 6.45) is -3.89. The van der Waals surface area contributed by atoms with E-state index in [-0.39, 0.29) is 61.3 Å². The minimum atomic E-state index is -1.98. The van der Waals surface area contributed by atoms with Crippen LogP contribution in [0.1, 0.15) is 80.2 Å². The molecule has 0 unspecified atom stereocenters. The third kappa shape index (κ3) is 34.1. The highest BCUT2D eigenvalue weighted by Crippen LogP contribution is 2.13. The summed E-state index contributed by atoms with van der Waals surface area (Å²) in [6, 6.07) is -12.4. The van der Waals surface area contributed by atoms with Crippen LogP contribution in [-0.2, 0) is 83.1 Å². The molecule has 0 aliphatic heterocycles. The van der Waals surface area contributed by atoms with Crippen molar-refractivity contribution in [3.8, 4) is 5.75 Å². The number of phenols is 1. The van der Waals surface area contributed by atoms with Crippen molar-refractivity contribution in [1.82, 2.24) is 79.8 Å². The molecule has 0 aliphatic rings. The summed E-state index contributed by atoms with van der Waals surface area (Å²) in [6.45, 7) is 5.72. The number of benzene rings is 1. The van der Waals surface area contributed by atoms with Crippen molar-refractivity contribution in [2.75, 3.05) is 58.2 Å². The number of carbonyl (C=O) groups excluding carboxylic acids is 15. The van der Waals surface area contributed by atoms with Crippen molar-refractivity contribution in [2.24, 2.45) is 34.0 Å². The van der Waals surface area contributed by atoms with Gasteiger partial charge in [0.2, 0.25) is 88.6 Å². The molecule has 1 aromatic rings. The predicted molar refractivity (Wildman–Crippen MR) is 359 cm³/mol. The second-order valence-corrected chi connectivity index (χ2v) is 24.1. The molecule has 0 heterocycles. The normalized spacial score (nSPS) is 14.8. The van der Waals surface area contributed by atoms with Gasteiger partial charge in [-0.15, -0.1) is 0 Å². The maximum absolute atomic E-state index is 14.1. The van der Waals surface area contributed by atoms with E-state index < -0.39 is 225 Å². The quantitative estimate of drug-likeness (QED) is 0.0125. The van der Waals surface area contributed by atoms with Crippen LogP contribution in [0.2, 0.25) is 0 Å². The number of rotatable bonds is 45. The summed E-state index contributed by atoms with van der Waals surface area (Å²) >= 11 is 4.09. The summed E-state index contributed by atoms with van der Waals surface area (Å²) in [7, 11) is 0. The summed E-state index contributed by atoms with van der Waals surface area (Å²) in [5.74, 6) is -17.9. The predicted octanol–water partition coefficient (Wildman–Crippen LogP) is -11.8. The fourth-order valence-electron chi connectivity index (χ4n) is 8.64. The van der Waals surface area contributed by atoms with E-state index in [1.165, 1.54) is 31.2 Å². The number of aliphatic hydroxyl groups is 4. The largest absolute Gasteiger partial charge is 0.508 e. The Labute approximate surface area is 585 Å². The number of carboxylic acids is 1. The summed E-state index contributed by atoms with van der Waals surface area (Å²) in [4.78, 5) is 212. The number of hydrogen-bond donors (Lipinski definition) is 25. The van der Waals surface area contributed by atoms with Gasteiger partial charge in [0.25, 0.3) is 0 Å². The first-order valence-electron chi connectivity index (χ1n) is 31.6. The van der Waals surface area contributed by atoms with E-state index in [0.29, 0.717) is 0 Å². The molecule has 1 aromatic carbocycles. The van der Waals surface area contributed by atoms with Crippen molar-refractivity contribution in [3.63, 3.8) is 0 Å². The standard InChI is InChI=1S/C59H97N19O22S/c1-26(2)16-35(71-42(86)20-65-41(85)19-67-50(91)39(25-101)75-49(90)29(6)69-55(96)45(27(3)4)76-44(88)21-64-40(84)18-60)52(93)77-47(31(8)82)57(98)72-36(17-32-11-13-33(83)14-12-32)51(92)73-37(23-79)53(94)74-38(24-80)54(95)78-46(30(7)81)56(97)68-28(5)48(89)66-22-43(87)70-34(58(99)100)10-9-15-63-59(61)62/h11-14,26-31,34-39,45-47,79-83,101H,9-10,15-25,60H2,1-8H3,(H,64,84)(H,65,85)(H,66,89)(H,67,91)(H,68,97)(H,69,96)(H,70,87)(H,71,86)(H,72,98)(H,73,92)(H,74,94)(H,75,90)(H,76,88)(H,77,93)(H,78,95)(H,99,100)(H4,61,62,63)/t28-,29-,30+,31+,34-,35-,36-,37-,38-,39-,45-,46-,47-/m0/s1. The number of aliphatic carboxylic acids is 1. The van der Waals surface area contributed by atoms with E-state index in [2.05, 4.69) is 97.4 Å². The molecule has 15 amide bonds. The summed E-state index contributed by atoms with van der Waals surface area (Å²) in [5.41, 5.74) is 16.0. The van der Waals surface area contributed by atoms with Gasteiger partial charge in [0.15, 0.2) is 5.96 Å². The molecule has 566 valence electrons. The molecule has 13 atom stereocenters. The highest BCUT2D eigenvalue weighted by molar-refractivity contribution is 7.80. The minimum Gasteiger partial charge on any atom is -0.508 e. The number of nitrogens with one attached hydrogen (secondary N) is 15. The molecule has 0 saturated heterocycles. The van der Waals surface area contributed by atoms with Crippen LogP contribution in [0, 0.1) is 11.8 Å². The van der Waals surface area contributed by atoms with Crippen molar-refractivity contribution in [1.29, 1.82) is 0 Å². The smallest absolute Gasteiger partial charge is 0.326 e. The number of aliphatic hydroxyl groups excluding tert-OH is 4. The number of guanidine groups is 1. The lowest BCUT2D eigenvalue weighted by molar-refractivity contribution is -0.142. The van der Waals surface area contributed by atoms with Gasteiger partial charge >= 0.3 is 5.97 Å². The molecule has 27 N–H and O–H groups in total. The molecule has 0 bridgehead atoms. The number of phenolic OH excluding ortho intramolecular Hbond substituents is 1. The van der Waals surface area contributed by atoms with Crippen LogP contribution < -0.4 is 97.0 Å². The first kappa shape index (κ1) is 89.0. The summed E-state index contributed by atoms with van der Waals surface area (Å²) in [5, 5.41) is 95.3. The zero-order valence-corrected chi connectivity index (χ0v) is 57.9. The van der Waals surface area contributed by atoms with Crippen molar-refractivity contribution >= 4 is 113 Å². The maximum atomic E-state index is 14.1. The first-order chi connectivity index (χ1) is 47.3. The van der Waals surface area contributed by atoms with Gasteiger partial charge in [0, 0.05) is 18.7 Å². The highest BCUT2D eigenvalue weighted by Gasteiger charge is 2.37. The Morgan fingerprint density at radius 2 is 0.871 bits per heavy atom. The fourth-order valence-corrected chi connectivity index (χ4v) is 8.89. The average molecular weight is 1460 g/mol. The zero-order valence-electron chi connectivity index (χ0n) is 57.0. The Hall–Kier alpha value is -10.0. The molecule has 0 fully saturated rings. The SMILES string of the molecule is CC(C)C[C@H](NC(=O)CNC(=O)CNC(=O)[C@H](CS)NC(=O)[C@H](C)NC(=O)[C@@H](NC(=O)CNC(=O)CN)C(C)C)C(=O)N[C@H](C(=O)N[C@@H](Cc1ccc(O)cc1)C(=O)N[C@@H](CO)C(=O)N[C@@H](CO)C(=O)N[C@H](C(=O)N[C@@H](C)C(=O)NCC(=O)N[C@@H](CCCN=C(N)N)C(=O)O)[C@@H](C)O)[C@@H](C)O. The molecule has 0 saturated carbocycles. The number of carboxylic acid groups (broad SMARTS) is 1. The second kappa shape index (κ2) is 45.6. The van der Waals surface area contributed by atoms with Crippen molar-refractivity contribution in [3.05, 3.63) is 29.8 Å². The lowest BCUT2D eigenvalue weighted by Gasteiger charge is -2.28. The lowest BCUT2D eigenvalue weighted by Crippen LogP contribution is -2.63. The van der Waals surface area contributed by atoms with Gasteiger partial charge in [0.1, 0.15) is 72.2 Å². The van der Waals surface area contributed by atoms with Gasteiger partial charge in [-0.2, -0.15) is 12.6 Å². The van der Waals surface area contributed by atoms with E-state index in [1.807, 2.05) is 0 Å². The maximum Gasteiger partial charge on any atom is 0.326 e. The van der Waals surface area contributed by atoms with Crippen LogP contribution in [0.25, 0.3) is 0 Å². The molecule has 1 rings (SSSR count). The van der Waals surface area contributed by atoms with Crippen molar-refractivity contribution < 1.29 is 107 Å². The Morgan fingerprint density at radius 1 is 0.455 bits per heavy atom. The third-order valence-corrected chi connectivity index (χ3v) is 14.6. The first-order valence-corrected chi connectivity index (χ1v) is 32.3. The molecular formula is C59H97N19O22S. The Bertz CT molecular complexity index is 3070. The van der Waals surface area contributed by atoms with E-state index in [0.717, 1.165) is 20.8 Å². The Morgan fingerprint density at radius 3 is 1.35 bits per heavy atom. The number of carbonyl (C=O) groups is 16. The van der Waals surface area contributed by atoms with Gasteiger partial charge in [-0.25, -0.2) is 4.79 Å². The number of amides is 15. The van der Waals surface area contributed by atoms with E-state index in [4.69, 9.17) is 17.2 Å². The molecule has 0 spiro atoms. The van der Waals surface area contributed by atoms with Crippen LogP contribution in [0.4, 0.5) is 0 Å². The Kier molecular flexibility index (Phi) is 40.2. The minimum absolute atomic E-state index is 0.0717. The van der Waals surface area contributed by atoms with Crippen LogP contribution in [-0.4, -0.2) is 268 Å². The molecule has 41 nitrogen and oxygen atoms in total. The number of aromatic hydroxyl groups is 1. The van der Waals surface area contributed by atoms with Gasteiger partial charge < -0.3 is 128 Å². The van der Waals surface area contributed by atoms with E-state index in [1.54, 1.807) is 27.7 Å². The number of nitrogens with two attached hydrogens (primary N) is 3. The molecule has 0 aliphatic carbocycles. The van der Waals surface area contributed by atoms with Crippen LogP contribution in [0.5, 0.6) is 5.75 Å². The fraction of sp³-hybridized carbons (Fsp3) is 0.610. The lowest BCUT2D eigenvalue weighted by atomic mass is 10.0. The van der Waals surface area contributed by atoms with Gasteiger partial charge in [-0.3, -0.25) is 76.9 Å². The molecule has 42 heteroatoms. The highest BCUT2D eigenvalue weighted by atomic mass is 32.1. The summed E-state index contributed by atoms with van der Waals surface area (Å²) < 4.78 is 0. The van der Waals surface area contributed by atoms with E-state index in [9.17, 15) is 107 Å². The molecule has 0 radical (unpaired) electrons. The second-order valence-electron chi connectivity index (χ2n) is 23.7. The number of aliphatic imine (C=N–C) groups is 1. The zero-order chi connectivity index (χ0) is 77.0. The Balaban J connectivity index is 3.12. The van der Waals surface area contributed by atoms with Crippen LogP contribution >= 0.6 is 12.6 Å². The topological polar surface area (TPSA) is 665 Å². The van der Waals surface area contributed by atoms with E-state index >= 15 is 0 Å². The van der Waals surface area contributed by atoms with Gasteiger partial charge in [0.05, 0.1) is 58.1 Å². The number of thiol groups is 1. The van der Waals surface area contributed by atoms with Crippen LogP contribution in [0.15, 0.2) is 29.3 Å². The number of hydrogen-bond acceptors (Lipinski definition) is 24. The van der Waals surface area contributed by atoms with Gasteiger partial charge in [-0.05, 0) is 76.5 Å². The van der Waals surface area contributed by atoms with Crippen molar-refractivity contribution in [2.45, 2.75) is 160 Å². The number of nitrogens with zero attached hydrogens (tertiary/aromatic N) is 1. The third-order valence-electron chi connectivity index (χ3n) is 14.2. The molecule has 0 aromatic heterocycles. The average Bonchev–Trinajstić information content (AvgIpc) is 0.854.